The summed E-state index contributed by atoms with van der Waals surface area (Å²) in [5, 5.41) is 3.52. The lowest BCUT2D eigenvalue weighted by atomic mass is 9.85. The van der Waals surface area contributed by atoms with E-state index in [-0.39, 0.29) is 0 Å². The van der Waals surface area contributed by atoms with E-state index in [0.717, 1.165) is 11.8 Å². The van der Waals surface area contributed by atoms with Gasteiger partial charge in [0.2, 0.25) is 0 Å². The van der Waals surface area contributed by atoms with E-state index in [1.54, 1.807) is 0 Å². The fourth-order valence-electron chi connectivity index (χ4n) is 1.66. The number of alkyl halides is 1. The SMILES string of the molecule is CC(CCl)CCCNCC1CCC1. The van der Waals surface area contributed by atoms with Crippen molar-refractivity contribution >= 4 is 11.6 Å². The Morgan fingerprint density at radius 1 is 1.46 bits per heavy atom. The molecule has 0 saturated heterocycles. The summed E-state index contributed by atoms with van der Waals surface area (Å²) in [6.07, 6.45) is 6.90. The molecule has 0 amide bonds. The minimum absolute atomic E-state index is 0.687. The van der Waals surface area contributed by atoms with Crippen molar-refractivity contribution in [3.8, 4) is 0 Å². The van der Waals surface area contributed by atoms with Gasteiger partial charge in [-0.05, 0) is 50.6 Å². The van der Waals surface area contributed by atoms with Gasteiger partial charge in [-0.2, -0.15) is 0 Å². The molecule has 0 aromatic rings. The van der Waals surface area contributed by atoms with Crippen LogP contribution in [-0.2, 0) is 0 Å². The molecule has 0 aliphatic heterocycles. The lowest BCUT2D eigenvalue weighted by Crippen LogP contribution is -2.28. The average molecular weight is 204 g/mol. The molecule has 0 aromatic carbocycles. The number of nitrogens with one attached hydrogen (secondary N) is 1. The van der Waals surface area contributed by atoms with Crippen molar-refractivity contribution in [2.75, 3.05) is 19.0 Å². The van der Waals surface area contributed by atoms with E-state index in [9.17, 15) is 0 Å². The first-order valence-electron chi connectivity index (χ1n) is 5.59. The molecule has 13 heavy (non-hydrogen) atoms. The Bertz CT molecular complexity index is 117. The molecule has 1 saturated carbocycles. The van der Waals surface area contributed by atoms with Gasteiger partial charge >= 0.3 is 0 Å². The topological polar surface area (TPSA) is 12.0 Å². The molecule has 0 radical (unpaired) electrons. The normalized spacial score (nSPS) is 19.8. The predicted molar refractivity (Wildman–Crippen MR) is 59.3 cm³/mol. The maximum atomic E-state index is 5.73. The highest BCUT2D eigenvalue weighted by Crippen LogP contribution is 2.25. The minimum atomic E-state index is 0.687. The van der Waals surface area contributed by atoms with E-state index in [2.05, 4.69) is 12.2 Å². The second-order valence-corrected chi connectivity index (χ2v) is 4.71. The highest BCUT2D eigenvalue weighted by atomic mass is 35.5. The van der Waals surface area contributed by atoms with E-state index in [0.29, 0.717) is 5.92 Å². The molecule has 1 N–H and O–H groups in total. The van der Waals surface area contributed by atoms with Crippen LogP contribution in [0.1, 0.15) is 39.0 Å². The van der Waals surface area contributed by atoms with Crippen LogP contribution < -0.4 is 5.32 Å². The van der Waals surface area contributed by atoms with Crippen LogP contribution in [0.3, 0.4) is 0 Å². The largest absolute Gasteiger partial charge is 0.316 e. The van der Waals surface area contributed by atoms with Crippen molar-refractivity contribution in [2.45, 2.75) is 39.0 Å². The quantitative estimate of drug-likeness (QED) is 0.496. The van der Waals surface area contributed by atoms with Crippen molar-refractivity contribution in [1.82, 2.24) is 5.32 Å². The van der Waals surface area contributed by atoms with Gasteiger partial charge in [-0.15, -0.1) is 11.6 Å². The van der Waals surface area contributed by atoms with E-state index in [1.807, 2.05) is 0 Å². The van der Waals surface area contributed by atoms with E-state index in [4.69, 9.17) is 11.6 Å². The molecule has 1 fully saturated rings. The zero-order valence-corrected chi connectivity index (χ0v) is 9.45. The van der Waals surface area contributed by atoms with Crippen LogP contribution in [0.25, 0.3) is 0 Å². The van der Waals surface area contributed by atoms with Crippen LogP contribution in [0.4, 0.5) is 0 Å². The standard InChI is InChI=1S/C11H22ClN/c1-10(8-12)4-3-7-13-9-11-5-2-6-11/h10-11,13H,2-9H2,1H3. The molecule has 0 aromatic heterocycles. The van der Waals surface area contributed by atoms with Crippen molar-refractivity contribution < 1.29 is 0 Å². The van der Waals surface area contributed by atoms with Crippen LogP contribution >= 0.6 is 11.6 Å². The molecular weight excluding hydrogens is 182 g/mol. The van der Waals surface area contributed by atoms with Crippen molar-refractivity contribution in [2.24, 2.45) is 11.8 Å². The molecule has 1 aliphatic carbocycles. The second kappa shape index (κ2) is 6.67. The molecule has 78 valence electrons. The van der Waals surface area contributed by atoms with Crippen LogP contribution in [0.15, 0.2) is 0 Å². The Morgan fingerprint density at radius 2 is 2.23 bits per heavy atom. The summed E-state index contributed by atoms with van der Waals surface area (Å²) < 4.78 is 0. The van der Waals surface area contributed by atoms with Crippen molar-refractivity contribution in [1.29, 1.82) is 0 Å². The Kier molecular flexibility index (Phi) is 5.81. The van der Waals surface area contributed by atoms with E-state index >= 15 is 0 Å². The second-order valence-electron chi connectivity index (χ2n) is 4.40. The summed E-state index contributed by atoms with van der Waals surface area (Å²) in [7, 11) is 0. The molecule has 1 nitrogen and oxygen atoms in total. The molecule has 1 rings (SSSR count). The summed E-state index contributed by atoms with van der Waals surface area (Å²) >= 11 is 5.73. The zero-order valence-electron chi connectivity index (χ0n) is 8.69. The van der Waals surface area contributed by atoms with Gasteiger partial charge in [-0.1, -0.05) is 13.3 Å². The number of hydrogen-bond acceptors (Lipinski definition) is 1. The Hall–Kier alpha value is 0.250. The minimum Gasteiger partial charge on any atom is -0.316 e. The van der Waals surface area contributed by atoms with Crippen LogP contribution in [0, 0.1) is 11.8 Å². The van der Waals surface area contributed by atoms with Gasteiger partial charge in [0.25, 0.3) is 0 Å². The van der Waals surface area contributed by atoms with Gasteiger partial charge in [0.15, 0.2) is 0 Å². The smallest absolute Gasteiger partial charge is 0.0249 e. The monoisotopic (exact) mass is 203 g/mol. The Labute approximate surface area is 87.2 Å². The highest BCUT2D eigenvalue weighted by molar-refractivity contribution is 6.18. The summed E-state index contributed by atoms with van der Waals surface area (Å²) in [5.41, 5.74) is 0. The average Bonchev–Trinajstić information content (AvgIpc) is 2.07. The fraction of sp³-hybridized carbons (Fsp3) is 1.00. The fourth-order valence-corrected chi connectivity index (χ4v) is 1.81. The Balaban J connectivity index is 1.78. The van der Waals surface area contributed by atoms with Gasteiger partial charge in [0.05, 0.1) is 0 Å². The molecule has 2 heteroatoms. The molecule has 0 spiro atoms. The number of hydrogen-bond donors (Lipinski definition) is 1. The number of rotatable bonds is 7. The highest BCUT2D eigenvalue weighted by Gasteiger charge is 2.15. The molecule has 1 atom stereocenters. The molecule has 0 bridgehead atoms. The van der Waals surface area contributed by atoms with Gasteiger partial charge < -0.3 is 5.32 Å². The maximum Gasteiger partial charge on any atom is 0.0249 e. The first-order chi connectivity index (χ1) is 6.33. The third-order valence-electron chi connectivity index (χ3n) is 2.97. The maximum absolute atomic E-state index is 5.73. The predicted octanol–water partition coefficient (Wildman–Crippen LogP) is 3.03. The van der Waals surface area contributed by atoms with Gasteiger partial charge in [-0.25, -0.2) is 0 Å². The van der Waals surface area contributed by atoms with E-state index < -0.39 is 0 Å². The van der Waals surface area contributed by atoms with Crippen LogP contribution in [0.5, 0.6) is 0 Å². The van der Waals surface area contributed by atoms with Gasteiger partial charge in [0.1, 0.15) is 0 Å². The van der Waals surface area contributed by atoms with Crippen LogP contribution in [-0.4, -0.2) is 19.0 Å². The third kappa shape index (κ3) is 4.87. The van der Waals surface area contributed by atoms with E-state index in [1.165, 1.54) is 45.2 Å². The lowest BCUT2D eigenvalue weighted by molar-refractivity contribution is 0.300. The summed E-state index contributed by atoms with van der Waals surface area (Å²) in [6, 6.07) is 0. The van der Waals surface area contributed by atoms with Crippen LogP contribution in [0.2, 0.25) is 0 Å². The lowest BCUT2D eigenvalue weighted by Gasteiger charge is -2.25. The van der Waals surface area contributed by atoms with Crippen molar-refractivity contribution in [3.05, 3.63) is 0 Å². The number of halogens is 1. The zero-order chi connectivity index (χ0) is 9.52. The third-order valence-corrected chi connectivity index (χ3v) is 3.50. The molecule has 0 heterocycles. The summed E-state index contributed by atoms with van der Waals surface area (Å²) in [5.74, 6) is 2.49. The summed E-state index contributed by atoms with van der Waals surface area (Å²) in [6.45, 7) is 4.64. The Morgan fingerprint density at radius 3 is 2.77 bits per heavy atom. The van der Waals surface area contributed by atoms with Gasteiger partial charge in [0, 0.05) is 5.88 Å². The molecule has 1 unspecified atom stereocenters. The van der Waals surface area contributed by atoms with Gasteiger partial charge in [-0.3, -0.25) is 0 Å². The molecule has 1 aliphatic rings. The molecular formula is C11H22ClN. The first kappa shape index (κ1) is 11.3. The summed E-state index contributed by atoms with van der Waals surface area (Å²) in [4.78, 5) is 0. The van der Waals surface area contributed by atoms with Crippen molar-refractivity contribution in [3.63, 3.8) is 0 Å². The first-order valence-corrected chi connectivity index (χ1v) is 6.13.